The van der Waals surface area contributed by atoms with Crippen LogP contribution in [0.2, 0.25) is 0 Å². The Balaban J connectivity index is 1.69. The number of carbonyl (C=O) groups is 2. The summed E-state index contributed by atoms with van der Waals surface area (Å²) < 4.78 is 16.0. The third-order valence-electron chi connectivity index (χ3n) is 4.25. The minimum Gasteiger partial charge on any atom is -0.481 e. The Morgan fingerprint density at radius 1 is 0.963 bits per heavy atom. The van der Waals surface area contributed by atoms with Crippen molar-refractivity contribution in [2.45, 2.75) is 18.8 Å². The molecule has 0 spiro atoms. The zero-order valence-corrected chi connectivity index (χ0v) is 14.5. The van der Waals surface area contributed by atoms with Crippen molar-refractivity contribution < 1.29 is 19.1 Å². The van der Waals surface area contributed by atoms with Crippen LogP contribution in [0.5, 0.6) is 0 Å². The van der Waals surface area contributed by atoms with Crippen molar-refractivity contribution >= 4 is 17.6 Å². The summed E-state index contributed by atoms with van der Waals surface area (Å²) >= 11 is 0. The fraction of sp³-hybridized carbons (Fsp3) is 0.143. The van der Waals surface area contributed by atoms with Gasteiger partial charge in [-0.15, -0.1) is 0 Å². The van der Waals surface area contributed by atoms with Crippen LogP contribution in [-0.4, -0.2) is 21.6 Å². The van der Waals surface area contributed by atoms with Gasteiger partial charge in [-0.25, -0.2) is 4.39 Å². The molecule has 138 valence electrons. The van der Waals surface area contributed by atoms with Crippen LogP contribution in [0.15, 0.2) is 73.1 Å². The predicted octanol–water partition coefficient (Wildman–Crippen LogP) is 4.20. The van der Waals surface area contributed by atoms with Gasteiger partial charge in [-0.2, -0.15) is 0 Å². The molecule has 2 N–H and O–H groups in total. The molecule has 0 aliphatic carbocycles. The SMILES string of the molecule is O=C(O)CC(CC(=O)Nc1ccc(-n2cccc2)cc1)c1ccccc1F. The van der Waals surface area contributed by atoms with E-state index in [0.29, 0.717) is 5.69 Å². The minimum absolute atomic E-state index is 0.118. The molecule has 0 radical (unpaired) electrons. The van der Waals surface area contributed by atoms with Crippen molar-refractivity contribution in [3.8, 4) is 5.69 Å². The van der Waals surface area contributed by atoms with Gasteiger partial charge in [-0.1, -0.05) is 18.2 Å². The predicted molar refractivity (Wildman–Crippen MR) is 100 cm³/mol. The molecular formula is C21H19FN2O3. The van der Waals surface area contributed by atoms with Gasteiger partial charge in [0.05, 0.1) is 6.42 Å². The highest BCUT2D eigenvalue weighted by Crippen LogP contribution is 2.26. The number of amides is 1. The highest BCUT2D eigenvalue weighted by molar-refractivity contribution is 5.91. The summed E-state index contributed by atoms with van der Waals surface area (Å²) in [7, 11) is 0. The molecule has 1 unspecified atom stereocenters. The Hall–Kier alpha value is -3.41. The van der Waals surface area contributed by atoms with Crippen LogP contribution in [0.4, 0.5) is 10.1 Å². The van der Waals surface area contributed by atoms with Gasteiger partial charge in [0, 0.05) is 36.1 Å². The van der Waals surface area contributed by atoms with Crippen LogP contribution < -0.4 is 5.32 Å². The number of halogens is 1. The molecule has 5 nitrogen and oxygen atoms in total. The summed E-state index contributed by atoms with van der Waals surface area (Å²) in [5.74, 6) is -2.68. The normalized spacial score (nSPS) is 11.7. The molecule has 0 aliphatic rings. The Bertz CT molecular complexity index is 921. The number of nitrogens with one attached hydrogen (secondary N) is 1. The summed E-state index contributed by atoms with van der Waals surface area (Å²) in [5, 5.41) is 11.8. The molecule has 0 saturated carbocycles. The zero-order valence-electron chi connectivity index (χ0n) is 14.5. The van der Waals surface area contributed by atoms with Crippen LogP contribution >= 0.6 is 0 Å². The number of anilines is 1. The molecule has 1 heterocycles. The highest BCUT2D eigenvalue weighted by atomic mass is 19.1. The molecule has 1 amide bonds. The Kier molecular flexibility index (Phi) is 5.66. The number of carboxylic acids is 1. The highest BCUT2D eigenvalue weighted by Gasteiger charge is 2.22. The Morgan fingerprint density at radius 3 is 2.26 bits per heavy atom. The third-order valence-corrected chi connectivity index (χ3v) is 4.25. The topological polar surface area (TPSA) is 71.3 Å². The van der Waals surface area contributed by atoms with Gasteiger partial charge in [0.15, 0.2) is 0 Å². The van der Waals surface area contributed by atoms with Crippen LogP contribution in [0.25, 0.3) is 5.69 Å². The maximum Gasteiger partial charge on any atom is 0.303 e. The lowest BCUT2D eigenvalue weighted by atomic mass is 9.91. The second-order valence-electron chi connectivity index (χ2n) is 6.21. The molecule has 27 heavy (non-hydrogen) atoms. The van der Waals surface area contributed by atoms with E-state index in [0.717, 1.165) is 5.69 Å². The molecular weight excluding hydrogens is 347 g/mol. The second kappa shape index (κ2) is 8.31. The summed E-state index contributed by atoms with van der Waals surface area (Å²) in [4.78, 5) is 23.5. The van der Waals surface area contributed by atoms with Gasteiger partial charge >= 0.3 is 5.97 Å². The molecule has 0 bridgehead atoms. The quantitative estimate of drug-likeness (QED) is 0.658. The first-order chi connectivity index (χ1) is 13.0. The van der Waals surface area contributed by atoms with E-state index in [9.17, 15) is 14.0 Å². The number of carboxylic acid groups (broad SMARTS) is 1. The van der Waals surface area contributed by atoms with Crippen molar-refractivity contribution in [3.63, 3.8) is 0 Å². The summed E-state index contributed by atoms with van der Waals surface area (Å²) in [6, 6.07) is 17.0. The van der Waals surface area contributed by atoms with E-state index in [2.05, 4.69) is 5.32 Å². The summed E-state index contributed by atoms with van der Waals surface area (Å²) in [5.41, 5.74) is 1.78. The van der Waals surface area contributed by atoms with E-state index in [1.165, 1.54) is 18.2 Å². The van der Waals surface area contributed by atoms with E-state index in [1.807, 2.05) is 41.2 Å². The monoisotopic (exact) mass is 366 g/mol. The Labute approximate surface area is 156 Å². The molecule has 0 aliphatic heterocycles. The average Bonchev–Trinajstić information content (AvgIpc) is 3.16. The number of nitrogens with zero attached hydrogens (tertiary/aromatic N) is 1. The second-order valence-corrected chi connectivity index (χ2v) is 6.21. The van der Waals surface area contributed by atoms with Gasteiger partial charge in [-0.05, 0) is 48.0 Å². The van der Waals surface area contributed by atoms with Gasteiger partial charge in [0.2, 0.25) is 5.91 Å². The van der Waals surface area contributed by atoms with Gasteiger partial charge in [0.1, 0.15) is 5.82 Å². The van der Waals surface area contributed by atoms with Crippen molar-refractivity contribution in [1.29, 1.82) is 0 Å². The van der Waals surface area contributed by atoms with Crippen LogP contribution in [0.3, 0.4) is 0 Å². The maximum atomic E-state index is 14.0. The van der Waals surface area contributed by atoms with Gasteiger partial charge < -0.3 is 15.0 Å². The first kappa shape index (κ1) is 18.4. The van der Waals surface area contributed by atoms with Crippen LogP contribution in [-0.2, 0) is 9.59 Å². The van der Waals surface area contributed by atoms with Crippen LogP contribution in [0, 0.1) is 5.82 Å². The van der Waals surface area contributed by atoms with E-state index in [4.69, 9.17) is 5.11 Å². The van der Waals surface area contributed by atoms with E-state index >= 15 is 0 Å². The van der Waals surface area contributed by atoms with E-state index in [-0.39, 0.29) is 24.3 Å². The Morgan fingerprint density at radius 2 is 1.63 bits per heavy atom. The molecule has 1 aromatic heterocycles. The third kappa shape index (κ3) is 4.82. The molecule has 3 aromatic rings. The standard InChI is InChI=1S/C21H19FN2O3/c22-19-6-2-1-5-18(19)15(14-21(26)27)13-20(25)23-16-7-9-17(10-8-16)24-11-3-4-12-24/h1-12,15H,13-14H2,(H,23,25)(H,26,27). The molecule has 0 saturated heterocycles. The lowest BCUT2D eigenvalue weighted by Crippen LogP contribution is -2.18. The summed E-state index contributed by atoms with van der Waals surface area (Å²) in [6.45, 7) is 0. The lowest BCUT2D eigenvalue weighted by Gasteiger charge is -2.16. The smallest absolute Gasteiger partial charge is 0.303 e. The van der Waals surface area contributed by atoms with Crippen LogP contribution in [0.1, 0.15) is 24.3 Å². The fourth-order valence-corrected chi connectivity index (χ4v) is 2.97. The van der Waals surface area contributed by atoms with Gasteiger partial charge in [0.25, 0.3) is 0 Å². The first-order valence-electron chi connectivity index (χ1n) is 8.52. The summed E-state index contributed by atoms with van der Waals surface area (Å²) in [6.07, 6.45) is 3.39. The number of carbonyl (C=O) groups excluding carboxylic acids is 1. The number of benzene rings is 2. The van der Waals surface area contributed by atoms with Crippen molar-refractivity contribution in [2.75, 3.05) is 5.32 Å². The van der Waals surface area contributed by atoms with Crippen molar-refractivity contribution in [3.05, 3.63) is 84.4 Å². The largest absolute Gasteiger partial charge is 0.481 e. The number of aromatic nitrogens is 1. The zero-order chi connectivity index (χ0) is 19.2. The number of hydrogen-bond acceptors (Lipinski definition) is 2. The van der Waals surface area contributed by atoms with E-state index < -0.39 is 17.7 Å². The molecule has 1 atom stereocenters. The first-order valence-corrected chi connectivity index (χ1v) is 8.52. The van der Waals surface area contributed by atoms with Crippen molar-refractivity contribution in [2.24, 2.45) is 0 Å². The van der Waals surface area contributed by atoms with Crippen molar-refractivity contribution in [1.82, 2.24) is 4.57 Å². The maximum absolute atomic E-state index is 14.0. The minimum atomic E-state index is -1.08. The van der Waals surface area contributed by atoms with E-state index in [1.54, 1.807) is 18.2 Å². The molecule has 0 fully saturated rings. The number of hydrogen-bond donors (Lipinski definition) is 2. The van der Waals surface area contributed by atoms with Gasteiger partial charge in [-0.3, -0.25) is 9.59 Å². The molecule has 2 aromatic carbocycles. The number of aliphatic carboxylic acids is 1. The number of rotatable bonds is 7. The molecule has 3 rings (SSSR count). The average molecular weight is 366 g/mol. The molecule has 6 heteroatoms. The fourth-order valence-electron chi connectivity index (χ4n) is 2.97. The lowest BCUT2D eigenvalue weighted by molar-refractivity contribution is -0.137.